The van der Waals surface area contributed by atoms with E-state index in [1.165, 1.54) is 37.8 Å². The summed E-state index contributed by atoms with van der Waals surface area (Å²) in [6.07, 6.45) is 2.25. The maximum absolute atomic E-state index is 12.9. The summed E-state index contributed by atoms with van der Waals surface area (Å²) in [4.78, 5) is 55.4. The number of hydrogen-bond donors (Lipinski definition) is 1. The molecule has 3 aromatic rings. The highest BCUT2D eigenvalue weighted by molar-refractivity contribution is 5.93. The minimum absolute atomic E-state index is 0.0795. The van der Waals surface area contributed by atoms with Gasteiger partial charge >= 0.3 is 5.69 Å². The fourth-order valence-electron chi connectivity index (χ4n) is 4.17. The Morgan fingerprint density at radius 1 is 1.16 bits per heavy atom. The number of anilines is 1. The number of nitrogens with zero attached hydrogens (tertiary/aromatic N) is 4. The molecule has 0 spiro atoms. The zero-order valence-electron chi connectivity index (χ0n) is 17.6. The number of carbonyl (C=O) groups excluding carboxylic acids is 2. The van der Waals surface area contributed by atoms with Gasteiger partial charge in [-0.2, -0.15) is 0 Å². The molecule has 1 unspecified atom stereocenters. The first-order chi connectivity index (χ1) is 14.8. The maximum atomic E-state index is 12.9. The van der Waals surface area contributed by atoms with Crippen molar-refractivity contribution in [1.29, 1.82) is 0 Å². The summed E-state index contributed by atoms with van der Waals surface area (Å²) in [6, 6.07) is 8.98. The minimum Gasteiger partial charge on any atom is -0.335 e. The molecule has 0 saturated heterocycles. The SMILES string of the molecule is CC(=O)N1CCc2ccccc2C1CC(=O)Nc1cnc2c(c1)c(=O)n(C)c(=O)n2C. The molecule has 0 fully saturated rings. The number of amides is 2. The second-order valence-electron chi connectivity index (χ2n) is 7.73. The summed E-state index contributed by atoms with van der Waals surface area (Å²) in [7, 11) is 2.93. The van der Waals surface area contributed by atoms with Crippen LogP contribution in [-0.4, -0.2) is 37.4 Å². The van der Waals surface area contributed by atoms with E-state index in [0.29, 0.717) is 12.2 Å². The van der Waals surface area contributed by atoms with E-state index in [0.717, 1.165) is 22.1 Å². The lowest BCUT2D eigenvalue weighted by atomic mass is 9.90. The average Bonchev–Trinajstić information content (AvgIpc) is 2.76. The van der Waals surface area contributed by atoms with E-state index in [9.17, 15) is 19.2 Å². The van der Waals surface area contributed by atoms with E-state index in [2.05, 4.69) is 10.3 Å². The molecule has 0 aliphatic carbocycles. The zero-order chi connectivity index (χ0) is 22.3. The highest BCUT2D eigenvalue weighted by atomic mass is 16.2. The van der Waals surface area contributed by atoms with Crippen molar-refractivity contribution >= 4 is 28.5 Å². The molecular weight excluding hydrogens is 398 g/mol. The Balaban J connectivity index is 1.63. The van der Waals surface area contributed by atoms with Crippen LogP contribution in [0.3, 0.4) is 0 Å². The van der Waals surface area contributed by atoms with Crippen LogP contribution in [0.5, 0.6) is 0 Å². The predicted octanol–water partition coefficient (Wildman–Crippen LogP) is 1.11. The second-order valence-corrected chi connectivity index (χ2v) is 7.73. The van der Waals surface area contributed by atoms with Gasteiger partial charge in [0.1, 0.15) is 5.65 Å². The molecule has 31 heavy (non-hydrogen) atoms. The van der Waals surface area contributed by atoms with Gasteiger partial charge in [0.05, 0.1) is 29.7 Å². The number of aryl methyl sites for hydroxylation is 1. The normalized spacial score (nSPS) is 15.6. The van der Waals surface area contributed by atoms with Crippen molar-refractivity contribution in [2.24, 2.45) is 14.1 Å². The van der Waals surface area contributed by atoms with Crippen LogP contribution in [0.4, 0.5) is 5.69 Å². The highest BCUT2D eigenvalue weighted by Gasteiger charge is 2.30. The number of pyridine rings is 1. The van der Waals surface area contributed by atoms with Gasteiger partial charge in [-0.3, -0.25) is 23.5 Å². The number of fused-ring (bicyclic) bond motifs is 2. The number of carbonyl (C=O) groups is 2. The van der Waals surface area contributed by atoms with E-state index in [1.807, 2.05) is 24.3 Å². The first kappa shape index (κ1) is 20.5. The molecule has 0 saturated carbocycles. The molecule has 3 heterocycles. The van der Waals surface area contributed by atoms with Crippen molar-refractivity contribution in [2.75, 3.05) is 11.9 Å². The lowest BCUT2D eigenvalue weighted by Crippen LogP contribution is -2.40. The standard InChI is InChI=1S/C22H23N5O4/c1-13(28)27-9-8-14-6-4-5-7-16(14)18(27)11-19(29)24-15-10-17-20(23-12-15)25(2)22(31)26(3)21(17)30/h4-7,10,12,18H,8-9,11H2,1-3H3,(H,24,29). The molecule has 1 N–H and O–H groups in total. The van der Waals surface area contributed by atoms with E-state index >= 15 is 0 Å². The quantitative estimate of drug-likeness (QED) is 0.682. The van der Waals surface area contributed by atoms with Gasteiger partial charge in [-0.05, 0) is 23.6 Å². The molecule has 1 aliphatic heterocycles. The third kappa shape index (κ3) is 3.63. The van der Waals surface area contributed by atoms with Crippen LogP contribution in [0.1, 0.15) is 30.5 Å². The van der Waals surface area contributed by atoms with Gasteiger partial charge in [-0.1, -0.05) is 24.3 Å². The first-order valence-electron chi connectivity index (χ1n) is 9.98. The number of hydrogen-bond acceptors (Lipinski definition) is 5. The molecule has 1 aliphatic rings. The zero-order valence-corrected chi connectivity index (χ0v) is 17.6. The number of benzene rings is 1. The van der Waals surface area contributed by atoms with Crippen molar-refractivity contribution in [3.8, 4) is 0 Å². The summed E-state index contributed by atoms with van der Waals surface area (Å²) in [5.41, 5.74) is 1.75. The van der Waals surface area contributed by atoms with Crippen LogP contribution in [0, 0.1) is 0 Å². The summed E-state index contributed by atoms with van der Waals surface area (Å²) in [5, 5.41) is 3.01. The maximum Gasteiger partial charge on any atom is 0.332 e. The second kappa shape index (κ2) is 7.82. The molecule has 160 valence electrons. The van der Waals surface area contributed by atoms with Crippen LogP contribution in [0.25, 0.3) is 11.0 Å². The highest BCUT2D eigenvalue weighted by Crippen LogP contribution is 2.32. The van der Waals surface area contributed by atoms with Crippen molar-refractivity contribution in [3.05, 3.63) is 68.5 Å². The van der Waals surface area contributed by atoms with E-state index in [-0.39, 0.29) is 35.3 Å². The van der Waals surface area contributed by atoms with Gasteiger partial charge in [-0.15, -0.1) is 0 Å². The first-order valence-corrected chi connectivity index (χ1v) is 9.98. The van der Waals surface area contributed by atoms with Crippen molar-refractivity contribution < 1.29 is 9.59 Å². The Bertz CT molecular complexity index is 1320. The van der Waals surface area contributed by atoms with Crippen molar-refractivity contribution in [2.45, 2.75) is 25.8 Å². The Morgan fingerprint density at radius 2 is 1.90 bits per heavy atom. The fraction of sp³-hybridized carbons (Fsp3) is 0.318. The summed E-state index contributed by atoms with van der Waals surface area (Å²) >= 11 is 0. The van der Waals surface area contributed by atoms with E-state index in [4.69, 9.17) is 0 Å². The smallest absolute Gasteiger partial charge is 0.332 e. The molecule has 2 amide bonds. The molecule has 4 rings (SSSR count). The lowest BCUT2D eigenvalue weighted by molar-refractivity contribution is -0.132. The third-order valence-corrected chi connectivity index (χ3v) is 5.77. The molecule has 0 radical (unpaired) electrons. The Labute approximate surface area is 177 Å². The fourth-order valence-corrected chi connectivity index (χ4v) is 4.17. The van der Waals surface area contributed by atoms with Gasteiger partial charge in [0.2, 0.25) is 11.8 Å². The predicted molar refractivity (Wildman–Crippen MR) is 116 cm³/mol. The average molecular weight is 421 g/mol. The number of nitrogens with one attached hydrogen (secondary N) is 1. The van der Waals surface area contributed by atoms with Gasteiger partial charge in [-0.25, -0.2) is 9.78 Å². The lowest BCUT2D eigenvalue weighted by Gasteiger charge is -2.36. The van der Waals surface area contributed by atoms with Gasteiger partial charge in [0, 0.05) is 27.6 Å². The molecule has 0 bridgehead atoms. The van der Waals surface area contributed by atoms with Crippen LogP contribution in [0.15, 0.2) is 46.1 Å². The van der Waals surface area contributed by atoms with Crippen molar-refractivity contribution in [1.82, 2.24) is 19.0 Å². The molecule has 1 atom stereocenters. The van der Waals surface area contributed by atoms with Crippen LogP contribution in [0.2, 0.25) is 0 Å². The summed E-state index contributed by atoms with van der Waals surface area (Å²) < 4.78 is 2.28. The Hall–Kier alpha value is -3.75. The monoisotopic (exact) mass is 421 g/mol. The molecule has 9 nitrogen and oxygen atoms in total. The number of rotatable bonds is 3. The van der Waals surface area contributed by atoms with Crippen LogP contribution in [-0.2, 0) is 30.1 Å². The summed E-state index contributed by atoms with van der Waals surface area (Å²) in [6.45, 7) is 2.07. The molecule has 9 heteroatoms. The molecule has 2 aromatic heterocycles. The van der Waals surface area contributed by atoms with E-state index in [1.54, 1.807) is 4.90 Å². The largest absolute Gasteiger partial charge is 0.335 e. The Kier molecular flexibility index (Phi) is 5.18. The number of aromatic nitrogens is 3. The van der Waals surface area contributed by atoms with Crippen LogP contribution < -0.4 is 16.6 Å². The summed E-state index contributed by atoms with van der Waals surface area (Å²) in [5.74, 6) is -0.375. The van der Waals surface area contributed by atoms with Crippen LogP contribution >= 0.6 is 0 Å². The van der Waals surface area contributed by atoms with Crippen molar-refractivity contribution in [3.63, 3.8) is 0 Å². The molecule has 1 aromatic carbocycles. The van der Waals surface area contributed by atoms with Gasteiger partial charge < -0.3 is 10.2 Å². The topological polar surface area (TPSA) is 106 Å². The third-order valence-electron chi connectivity index (χ3n) is 5.77. The van der Waals surface area contributed by atoms with E-state index < -0.39 is 11.2 Å². The molecular formula is C22H23N5O4. The Morgan fingerprint density at radius 3 is 2.65 bits per heavy atom. The van der Waals surface area contributed by atoms with Gasteiger partial charge in [0.25, 0.3) is 5.56 Å². The van der Waals surface area contributed by atoms with Gasteiger partial charge in [0.15, 0.2) is 0 Å². The minimum atomic E-state index is -0.481.